The third-order valence-corrected chi connectivity index (χ3v) is 26.1. The Bertz CT molecular complexity index is 2990. The Morgan fingerprint density at radius 2 is 0.744 bits per heavy atom. The molecule has 0 fully saturated rings. The zero-order valence-electron chi connectivity index (χ0n) is 52.1. The third-order valence-electron chi connectivity index (χ3n) is 13.4. The van der Waals surface area contributed by atoms with Crippen LogP contribution in [0.3, 0.4) is 0 Å². The number of rotatable bonds is 30. The summed E-state index contributed by atoms with van der Waals surface area (Å²) in [6.45, 7) is 8.00. The Labute approximate surface area is 545 Å². The molecule has 0 aromatic heterocycles. The summed E-state index contributed by atoms with van der Waals surface area (Å²) in [4.78, 5) is 36.8. The van der Waals surface area contributed by atoms with Gasteiger partial charge in [-0.05, 0) is 56.0 Å². The molecule has 0 radical (unpaired) electrons. The Hall–Kier alpha value is -3.80. The fourth-order valence-corrected chi connectivity index (χ4v) is 20.6. The van der Waals surface area contributed by atoms with Crippen molar-refractivity contribution in [1.29, 1.82) is 0 Å². The van der Waals surface area contributed by atoms with Gasteiger partial charge in [-0.1, -0.05) is 12.1 Å². The normalized spacial score (nSPS) is 11.1. The number of esters is 3. The Balaban J connectivity index is 0.000000266. The number of hydrogen-bond donors (Lipinski definition) is 0. The van der Waals surface area contributed by atoms with Crippen LogP contribution in [0.5, 0.6) is 0 Å². The van der Waals surface area contributed by atoms with Crippen molar-refractivity contribution < 1.29 is 42.2 Å². The van der Waals surface area contributed by atoms with Crippen LogP contribution in [0.4, 0.5) is 0 Å². The van der Waals surface area contributed by atoms with Gasteiger partial charge in [0.15, 0.2) is 0 Å². The number of carbonyl (C=O) groups is 3. The van der Waals surface area contributed by atoms with E-state index in [4.69, 9.17) is 27.8 Å². The molecule has 0 aliphatic rings. The quantitative estimate of drug-likeness (QED) is 0.0143. The molecule has 7 aromatic carbocycles. The zero-order chi connectivity index (χ0) is 62.3. The molecular weight excluding hydrogens is 1390 g/mol. The molecule has 7 rings (SSSR count). The Morgan fingerprint density at radius 1 is 0.407 bits per heavy atom. The van der Waals surface area contributed by atoms with E-state index in [1.165, 1.54) is 68.7 Å². The van der Waals surface area contributed by atoms with Crippen LogP contribution >= 0.6 is 26.4 Å². The van der Waals surface area contributed by atoms with E-state index in [2.05, 4.69) is 157 Å². The van der Waals surface area contributed by atoms with Crippen LogP contribution in [0.25, 0.3) is 0 Å². The number of carbonyl (C=O) groups excluding carboxylic acids is 3. The minimum atomic E-state index is -0.247. The van der Waals surface area contributed by atoms with E-state index in [-0.39, 0.29) is 47.8 Å². The molecule has 0 aliphatic heterocycles. The van der Waals surface area contributed by atoms with Gasteiger partial charge in [0.2, 0.25) is 0 Å². The SMILES string of the molecule is COPCCCCc1cc(C)c(C(=O)OC)c(C([Se]c2ccccc2)[Se]c2ccccc2)c1.COPCCCCc1cc(C)c(C(=O)OC)c(C)c1.COPCCCCc1cc(C)c(C(=O)OC)c(C[Se]c2ccccc2)c1.C[Se]c1ccccc1. The molecule has 462 valence electrons. The molecule has 0 aliphatic carbocycles. The second-order valence-corrected chi connectivity index (χ2v) is 34.0. The number of benzene rings is 7. The van der Waals surface area contributed by atoms with E-state index in [1.54, 1.807) is 21.3 Å². The van der Waals surface area contributed by atoms with Crippen molar-refractivity contribution in [2.75, 3.05) is 61.1 Å². The maximum atomic E-state index is 12.9. The van der Waals surface area contributed by atoms with E-state index in [0.717, 1.165) is 113 Å². The number of unbranched alkanes of at least 4 members (excludes halogenated alkanes) is 3. The maximum absolute atomic E-state index is 12.9. The molecule has 0 N–H and O–H groups in total. The molecule has 0 heterocycles. The number of hydrogen-bond acceptors (Lipinski definition) is 9. The van der Waals surface area contributed by atoms with Crippen molar-refractivity contribution in [1.82, 2.24) is 0 Å². The molecule has 7 aromatic rings. The number of aryl methyl sites for hydroxylation is 7. The number of methoxy groups -OCH3 is 3. The predicted molar refractivity (Wildman–Crippen MR) is 371 cm³/mol. The van der Waals surface area contributed by atoms with Crippen LogP contribution in [-0.4, -0.2) is 139 Å². The van der Waals surface area contributed by atoms with Crippen LogP contribution in [-0.2, 0) is 52.4 Å². The Kier molecular flexibility index (Phi) is 38.7. The van der Waals surface area contributed by atoms with E-state index < -0.39 is 0 Å². The van der Waals surface area contributed by atoms with Crippen LogP contribution < -0.4 is 17.8 Å². The summed E-state index contributed by atoms with van der Waals surface area (Å²) in [6.07, 6.45) is 13.4. The fraction of sp³-hybridized carbons (Fsp3) is 0.357. The van der Waals surface area contributed by atoms with Crippen LogP contribution in [0.1, 0.15) is 123 Å². The summed E-state index contributed by atoms with van der Waals surface area (Å²) < 4.78 is 36.3. The van der Waals surface area contributed by atoms with Gasteiger partial charge in [0.1, 0.15) is 0 Å². The van der Waals surface area contributed by atoms with Gasteiger partial charge < -0.3 is 9.26 Å². The van der Waals surface area contributed by atoms with Gasteiger partial charge in [-0.2, -0.15) is 0 Å². The fourth-order valence-electron chi connectivity index (χ4n) is 9.33. The molecule has 3 atom stereocenters. The summed E-state index contributed by atoms with van der Waals surface area (Å²) in [5.74, 6) is 1.52. The summed E-state index contributed by atoms with van der Waals surface area (Å²) >= 11 is 1.37. The molecule has 0 amide bonds. The second-order valence-electron chi connectivity index (χ2n) is 19.9. The predicted octanol–water partition coefficient (Wildman–Crippen LogP) is 13.0. The first-order chi connectivity index (χ1) is 41.8. The summed E-state index contributed by atoms with van der Waals surface area (Å²) in [5, 5.41) is 0.904. The number of ether oxygens (including phenoxy) is 3. The zero-order valence-corrected chi connectivity index (χ0v) is 61.9. The van der Waals surface area contributed by atoms with Gasteiger partial charge in [-0.3, -0.25) is 0 Å². The van der Waals surface area contributed by atoms with E-state index in [9.17, 15) is 14.4 Å². The van der Waals surface area contributed by atoms with Gasteiger partial charge in [-0.15, -0.1) is 0 Å². The summed E-state index contributed by atoms with van der Waals surface area (Å²) in [7, 11) is 11.4. The van der Waals surface area contributed by atoms with E-state index >= 15 is 0 Å². The molecule has 16 heteroatoms. The van der Waals surface area contributed by atoms with Gasteiger partial charge in [0.25, 0.3) is 0 Å². The molecule has 86 heavy (non-hydrogen) atoms. The standard InChI is InChI=1S/C27H31O3PSe2.C21H27O3PSe.C15H23O3P.C7H8Se/c1-20-18-21(12-10-11-17-31-30-3)19-24(25(20)26(28)29-2)27(32-22-13-6-4-7-14-22)33-23-15-8-5-9-16-23;1-16-13-17(9-7-8-12-25-24-3)14-18(20(16)21(22)23-2)15-26-19-10-5-4-6-11-19;1-11-9-13(7-5-6-8-19-18-4)10-12(2)14(11)15(16)17-3;1-8-7-5-3-2-4-6-7/h4-9,13-16,18-19,27,31H,10-12,17H2,1-3H3;4-6,10-11,13-14,25H,7-9,12,15H2,1-3H3;9-10,19H,5-8H2,1-4H3;2-6H,1H3. The summed E-state index contributed by atoms with van der Waals surface area (Å²) in [6, 6.07) is 55.4. The Morgan fingerprint density at radius 3 is 1.13 bits per heavy atom. The van der Waals surface area contributed by atoms with Crippen LogP contribution in [0, 0.1) is 27.7 Å². The van der Waals surface area contributed by atoms with Crippen molar-refractivity contribution in [3.05, 3.63) is 224 Å². The van der Waals surface area contributed by atoms with Crippen molar-refractivity contribution >= 4 is 122 Å². The molecule has 3 unspecified atom stereocenters. The molecule has 0 bridgehead atoms. The molecular formula is C70H89O9P3Se4. The molecule has 0 spiro atoms. The minimum absolute atomic E-state index is 0.199. The first kappa shape index (κ1) is 74.7. The molecule has 0 saturated carbocycles. The van der Waals surface area contributed by atoms with Crippen molar-refractivity contribution in [2.24, 2.45) is 0 Å². The van der Waals surface area contributed by atoms with Crippen molar-refractivity contribution in [3.8, 4) is 0 Å². The molecule has 0 saturated heterocycles. The van der Waals surface area contributed by atoms with Gasteiger partial charge >= 0.3 is 439 Å². The second kappa shape index (κ2) is 44.6. The van der Waals surface area contributed by atoms with Crippen LogP contribution in [0.15, 0.2) is 158 Å². The first-order valence-electron chi connectivity index (χ1n) is 28.9. The third kappa shape index (κ3) is 27.9. The van der Waals surface area contributed by atoms with E-state index in [1.807, 2.05) is 33.8 Å². The van der Waals surface area contributed by atoms with Gasteiger partial charge in [0, 0.05) is 15.9 Å². The average molecular weight is 1480 g/mol. The van der Waals surface area contributed by atoms with Crippen molar-refractivity contribution in [3.63, 3.8) is 0 Å². The van der Waals surface area contributed by atoms with Gasteiger partial charge in [0.05, 0.1) is 12.7 Å². The first-order valence-corrected chi connectivity index (χ1v) is 40.6. The summed E-state index contributed by atoms with van der Waals surface area (Å²) in [5.41, 5.74) is 12.4. The topological polar surface area (TPSA) is 107 Å². The average Bonchev–Trinajstić information content (AvgIpc) is 2.15. The van der Waals surface area contributed by atoms with Gasteiger partial charge in [-0.25, -0.2) is 4.79 Å². The monoisotopic (exact) mass is 1490 g/mol. The van der Waals surface area contributed by atoms with E-state index in [0.29, 0.717) is 65.6 Å². The van der Waals surface area contributed by atoms with Crippen molar-refractivity contribution in [2.45, 2.75) is 100 Å². The van der Waals surface area contributed by atoms with Crippen LogP contribution in [0.2, 0.25) is 5.82 Å². The molecule has 9 nitrogen and oxygen atoms in total.